The SMILES string of the molecule is CC1(C)CCCNC1C(=O)Nc1ccc(S(C)(=O)=O)cc1. The Balaban J connectivity index is 2.09. The van der Waals surface area contributed by atoms with Crippen LogP contribution >= 0.6 is 0 Å². The summed E-state index contributed by atoms with van der Waals surface area (Å²) in [5.41, 5.74) is 0.519. The normalized spacial score (nSPS) is 21.8. The van der Waals surface area contributed by atoms with Gasteiger partial charge in [-0.05, 0) is 49.1 Å². The number of amides is 1. The number of nitrogens with one attached hydrogen (secondary N) is 2. The molecular weight excluding hydrogens is 288 g/mol. The number of anilines is 1. The quantitative estimate of drug-likeness (QED) is 0.893. The number of hydrogen-bond acceptors (Lipinski definition) is 4. The molecule has 0 aliphatic carbocycles. The Morgan fingerprint density at radius 1 is 1.29 bits per heavy atom. The average Bonchev–Trinajstić information content (AvgIpc) is 2.37. The zero-order valence-corrected chi connectivity index (χ0v) is 13.5. The smallest absolute Gasteiger partial charge is 0.242 e. The Kier molecular flexibility index (Phi) is 4.39. The predicted molar refractivity (Wildman–Crippen MR) is 83.0 cm³/mol. The summed E-state index contributed by atoms with van der Waals surface area (Å²) in [6.45, 7) is 5.00. The van der Waals surface area contributed by atoms with Crippen LogP contribution in [-0.2, 0) is 14.6 Å². The Morgan fingerprint density at radius 2 is 1.90 bits per heavy atom. The zero-order chi connectivity index (χ0) is 15.7. The van der Waals surface area contributed by atoms with Crippen molar-refractivity contribution in [3.05, 3.63) is 24.3 Å². The molecule has 1 amide bonds. The second-order valence-electron chi connectivity index (χ2n) is 6.27. The van der Waals surface area contributed by atoms with Crippen molar-refractivity contribution >= 4 is 21.4 Å². The van der Waals surface area contributed by atoms with Crippen LogP contribution in [0.3, 0.4) is 0 Å². The van der Waals surface area contributed by atoms with Gasteiger partial charge in [0.25, 0.3) is 0 Å². The van der Waals surface area contributed by atoms with E-state index in [2.05, 4.69) is 24.5 Å². The van der Waals surface area contributed by atoms with Gasteiger partial charge in [0.1, 0.15) is 0 Å². The lowest BCUT2D eigenvalue weighted by atomic mass is 9.77. The first-order valence-corrected chi connectivity index (χ1v) is 8.94. The number of carbonyl (C=O) groups excluding carboxylic acids is 1. The number of carbonyl (C=O) groups is 1. The van der Waals surface area contributed by atoms with Crippen molar-refractivity contribution in [2.45, 2.75) is 37.6 Å². The van der Waals surface area contributed by atoms with Gasteiger partial charge in [0.2, 0.25) is 5.91 Å². The van der Waals surface area contributed by atoms with Gasteiger partial charge in [0, 0.05) is 11.9 Å². The number of benzene rings is 1. The molecule has 1 fully saturated rings. The van der Waals surface area contributed by atoms with Crippen molar-refractivity contribution in [1.29, 1.82) is 0 Å². The molecule has 116 valence electrons. The van der Waals surface area contributed by atoms with Crippen molar-refractivity contribution in [3.8, 4) is 0 Å². The molecule has 0 spiro atoms. The van der Waals surface area contributed by atoms with E-state index in [0.29, 0.717) is 5.69 Å². The van der Waals surface area contributed by atoms with E-state index < -0.39 is 9.84 Å². The van der Waals surface area contributed by atoms with E-state index in [-0.39, 0.29) is 22.3 Å². The molecule has 5 nitrogen and oxygen atoms in total. The van der Waals surface area contributed by atoms with E-state index in [0.717, 1.165) is 25.6 Å². The summed E-state index contributed by atoms with van der Waals surface area (Å²) < 4.78 is 22.8. The van der Waals surface area contributed by atoms with E-state index in [1.54, 1.807) is 12.1 Å². The summed E-state index contributed by atoms with van der Waals surface area (Å²) in [5.74, 6) is -0.0770. The first-order chi connectivity index (χ1) is 9.70. The third kappa shape index (κ3) is 3.83. The molecule has 1 atom stereocenters. The molecule has 1 aromatic rings. The largest absolute Gasteiger partial charge is 0.325 e. The van der Waals surface area contributed by atoms with Gasteiger partial charge in [-0.25, -0.2) is 8.42 Å². The monoisotopic (exact) mass is 310 g/mol. The van der Waals surface area contributed by atoms with Crippen LogP contribution in [0.2, 0.25) is 0 Å². The molecule has 2 N–H and O–H groups in total. The first kappa shape index (κ1) is 16.0. The maximum Gasteiger partial charge on any atom is 0.242 e. The standard InChI is InChI=1S/C15H22N2O3S/c1-15(2)9-4-10-16-13(15)14(18)17-11-5-7-12(8-6-11)21(3,19)20/h5-8,13,16H,4,9-10H2,1-3H3,(H,17,18). The lowest BCUT2D eigenvalue weighted by Crippen LogP contribution is -2.53. The minimum absolute atomic E-state index is 0.0770. The van der Waals surface area contributed by atoms with Gasteiger partial charge in [-0.3, -0.25) is 4.79 Å². The van der Waals surface area contributed by atoms with Gasteiger partial charge in [-0.2, -0.15) is 0 Å². The van der Waals surface area contributed by atoms with Crippen LogP contribution in [0.5, 0.6) is 0 Å². The topological polar surface area (TPSA) is 75.3 Å². The summed E-state index contributed by atoms with van der Waals surface area (Å²) >= 11 is 0. The number of piperidine rings is 1. The van der Waals surface area contributed by atoms with Crippen LogP contribution in [-0.4, -0.2) is 33.2 Å². The second kappa shape index (κ2) is 5.77. The van der Waals surface area contributed by atoms with E-state index in [9.17, 15) is 13.2 Å². The van der Waals surface area contributed by atoms with Crippen LogP contribution in [0.15, 0.2) is 29.2 Å². The van der Waals surface area contributed by atoms with Crippen LogP contribution in [0.4, 0.5) is 5.69 Å². The Labute approximate surface area is 126 Å². The van der Waals surface area contributed by atoms with Crippen LogP contribution in [0.25, 0.3) is 0 Å². The number of sulfone groups is 1. The maximum atomic E-state index is 12.4. The molecule has 2 rings (SSSR count). The zero-order valence-electron chi connectivity index (χ0n) is 12.6. The van der Waals surface area contributed by atoms with E-state index >= 15 is 0 Å². The Morgan fingerprint density at radius 3 is 2.43 bits per heavy atom. The summed E-state index contributed by atoms with van der Waals surface area (Å²) in [4.78, 5) is 12.6. The van der Waals surface area contributed by atoms with Crippen molar-refractivity contribution in [3.63, 3.8) is 0 Å². The van der Waals surface area contributed by atoms with Crippen molar-refractivity contribution < 1.29 is 13.2 Å². The summed E-state index contributed by atoms with van der Waals surface area (Å²) in [7, 11) is -3.21. The molecule has 1 aromatic carbocycles. The van der Waals surface area contributed by atoms with Crippen molar-refractivity contribution in [2.75, 3.05) is 18.1 Å². The molecule has 21 heavy (non-hydrogen) atoms. The lowest BCUT2D eigenvalue weighted by molar-refractivity contribution is -0.121. The second-order valence-corrected chi connectivity index (χ2v) is 8.28. The summed E-state index contributed by atoms with van der Waals surface area (Å²) in [6.07, 6.45) is 3.24. The van der Waals surface area contributed by atoms with Gasteiger partial charge in [0.05, 0.1) is 10.9 Å². The fourth-order valence-electron chi connectivity index (χ4n) is 2.66. The molecular formula is C15H22N2O3S. The minimum Gasteiger partial charge on any atom is -0.325 e. The highest BCUT2D eigenvalue weighted by Gasteiger charge is 2.37. The molecule has 1 aliphatic rings. The lowest BCUT2D eigenvalue weighted by Gasteiger charge is -2.38. The molecule has 6 heteroatoms. The molecule has 1 saturated heterocycles. The third-order valence-corrected chi connectivity index (χ3v) is 5.07. The van der Waals surface area contributed by atoms with Gasteiger partial charge < -0.3 is 10.6 Å². The highest BCUT2D eigenvalue weighted by molar-refractivity contribution is 7.90. The minimum atomic E-state index is -3.21. The number of rotatable bonds is 3. The molecule has 0 saturated carbocycles. The van der Waals surface area contributed by atoms with Crippen LogP contribution < -0.4 is 10.6 Å². The van der Waals surface area contributed by atoms with E-state index in [1.807, 2.05) is 0 Å². The first-order valence-electron chi connectivity index (χ1n) is 7.04. The van der Waals surface area contributed by atoms with Gasteiger partial charge in [0.15, 0.2) is 9.84 Å². The van der Waals surface area contributed by atoms with Gasteiger partial charge in [-0.15, -0.1) is 0 Å². The predicted octanol–water partition coefficient (Wildman–Crippen LogP) is 1.81. The molecule has 1 aliphatic heterocycles. The van der Waals surface area contributed by atoms with Crippen molar-refractivity contribution in [1.82, 2.24) is 5.32 Å². The fraction of sp³-hybridized carbons (Fsp3) is 0.533. The van der Waals surface area contributed by atoms with Crippen molar-refractivity contribution in [2.24, 2.45) is 5.41 Å². The van der Waals surface area contributed by atoms with Crippen LogP contribution in [0, 0.1) is 5.41 Å². The van der Waals surface area contributed by atoms with Gasteiger partial charge >= 0.3 is 0 Å². The molecule has 0 radical (unpaired) electrons. The molecule has 0 bridgehead atoms. The van der Waals surface area contributed by atoms with E-state index in [4.69, 9.17) is 0 Å². The average molecular weight is 310 g/mol. The van der Waals surface area contributed by atoms with Crippen LogP contribution in [0.1, 0.15) is 26.7 Å². The Bertz CT molecular complexity index is 621. The Hall–Kier alpha value is -1.40. The van der Waals surface area contributed by atoms with Gasteiger partial charge in [-0.1, -0.05) is 13.8 Å². The molecule has 0 aromatic heterocycles. The highest BCUT2D eigenvalue weighted by atomic mass is 32.2. The highest BCUT2D eigenvalue weighted by Crippen LogP contribution is 2.30. The molecule has 1 heterocycles. The van der Waals surface area contributed by atoms with E-state index in [1.165, 1.54) is 12.1 Å². The number of hydrogen-bond donors (Lipinski definition) is 2. The fourth-order valence-corrected chi connectivity index (χ4v) is 3.29. The molecule has 1 unspecified atom stereocenters. The maximum absolute atomic E-state index is 12.4. The third-order valence-electron chi connectivity index (χ3n) is 3.94. The summed E-state index contributed by atoms with van der Waals surface area (Å²) in [5, 5.41) is 6.11. The summed E-state index contributed by atoms with van der Waals surface area (Å²) in [6, 6.07) is 6.00.